The first-order chi connectivity index (χ1) is 6.13. The molecule has 0 aliphatic carbocycles. The lowest BCUT2D eigenvalue weighted by molar-refractivity contribution is -0.122. The Kier molecular flexibility index (Phi) is 6.38. The van der Waals surface area contributed by atoms with E-state index in [1.54, 1.807) is 13.8 Å². The summed E-state index contributed by atoms with van der Waals surface area (Å²) in [6.07, 6.45) is 0.706. The van der Waals surface area contributed by atoms with E-state index in [1.807, 2.05) is 0 Å². The number of nitrogens with one attached hydrogen (secondary N) is 1. The van der Waals surface area contributed by atoms with Gasteiger partial charge < -0.3 is 5.32 Å². The van der Waals surface area contributed by atoms with Gasteiger partial charge in [-0.3, -0.25) is 4.79 Å². The molecule has 0 aromatic heterocycles. The smallest absolute Gasteiger partial charge is 0.341 e. The van der Waals surface area contributed by atoms with Gasteiger partial charge in [-0.05, 0) is 26.3 Å². The Hall–Kier alpha value is 1.04. The Morgan fingerprint density at radius 3 is 2.29 bits per heavy atom. The maximum Gasteiger partial charge on any atom is 0.341 e. The summed E-state index contributed by atoms with van der Waals surface area (Å²) in [5.41, 5.74) is 0. The highest BCUT2D eigenvalue weighted by Gasteiger charge is 2.25. The average Bonchev–Trinajstić information content (AvgIpc) is 1.93. The molecule has 0 bridgehead atoms. The summed E-state index contributed by atoms with van der Waals surface area (Å²) in [6, 6.07) is -1.95. The highest BCUT2D eigenvalue weighted by atomic mass is 79.9. The number of halogens is 4. The lowest BCUT2D eigenvalue weighted by Gasteiger charge is -2.16. The molecular weight excluding hydrogens is 328 g/mol. The predicted molar refractivity (Wildman–Crippen MR) is 68.8 cm³/mol. The molecule has 0 saturated heterocycles. The molecule has 0 saturated carbocycles. The fraction of sp³-hybridized carbons (Fsp3) is 0.857. The molecule has 0 atom stereocenters. The summed E-state index contributed by atoms with van der Waals surface area (Å²) in [5, 5.41) is 2.76. The molecule has 2 nitrogen and oxygen atoms in total. The second-order valence-electron chi connectivity index (χ2n) is 3.45. The first-order valence-corrected chi connectivity index (χ1v) is 10.2. The number of hydrogen-bond acceptors (Lipinski definition) is 1. The van der Waals surface area contributed by atoms with E-state index in [1.165, 1.54) is 0 Å². The van der Waals surface area contributed by atoms with Crippen LogP contribution in [0.25, 0.3) is 0 Å². The van der Waals surface area contributed by atoms with Gasteiger partial charge in [0.1, 0.15) is 0 Å². The van der Waals surface area contributed by atoms with Crippen molar-refractivity contribution in [3.63, 3.8) is 0 Å². The van der Waals surface area contributed by atoms with Crippen molar-refractivity contribution in [1.82, 2.24) is 5.32 Å². The van der Waals surface area contributed by atoms with Gasteiger partial charge in [-0.15, -0.1) is 33.2 Å². The van der Waals surface area contributed by atoms with E-state index in [0.29, 0.717) is 19.0 Å². The highest BCUT2D eigenvalue weighted by Crippen LogP contribution is 2.26. The molecule has 0 aliphatic rings. The van der Waals surface area contributed by atoms with Crippen molar-refractivity contribution >= 4 is 61.1 Å². The molecule has 0 heterocycles. The minimum atomic E-state index is -2.52. The molecule has 0 aromatic rings. The first-order valence-electron chi connectivity index (χ1n) is 4.17. The Morgan fingerprint density at radius 1 is 1.43 bits per heavy atom. The fourth-order valence-electron chi connectivity index (χ4n) is 0.701. The van der Waals surface area contributed by atoms with Crippen LogP contribution in [0.4, 0.5) is 0 Å². The number of alkyl halides is 1. The van der Waals surface area contributed by atoms with Gasteiger partial charge in [-0.2, -0.15) is 0 Å². The van der Waals surface area contributed by atoms with Crippen molar-refractivity contribution in [2.24, 2.45) is 0 Å². The van der Waals surface area contributed by atoms with Crippen molar-refractivity contribution < 1.29 is 4.79 Å². The van der Waals surface area contributed by atoms with Crippen LogP contribution in [0, 0.1) is 0 Å². The summed E-state index contributed by atoms with van der Waals surface area (Å²) in [7, 11) is 0. The summed E-state index contributed by atoms with van der Waals surface area (Å²) >= 11 is 20.3. The number of hydrogen-bond donors (Lipinski definition) is 1. The molecule has 0 fully saturated rings. The summed E-state index contributed by atoms with van der Waals surface area (Å²) < 4.78 is -0.537. The summed E-state index contributed by atoms with van der Waals surface area (Å²) in [4.78, 5) is 11.3. The summed E-state index contributed by atoms with van der Waals surface area (Å²) in [5.74, 6) is -0.0523. The third-order valence-electron chi connectivity index (χ3n) is 1.46. The van der Waals surface area contributed by atoms with Crippen LogP contribution < -0.4 is 5.32 Å². The van der Waals surface area contributed by atoms with Crippen molar-refractivity contribution in [3.8, 4) is 0 Å². The van der Waals surface area contributed by atoms with Gasteiger partial charge in [0.25, 0.3) is 0 Å². The fourth-order valence-corrected chi connectivity index (χ4v) is 2.62. The van der Waals surface area contributed by atoms with Gasteiger partial charge in [0.15, 0.2) is 0 Å². The largest absolute Gasteiger partial charge is 0.355 e. The highest BCUT2D eigenvalue weighted by molar-refractivity contribution is 9.10. The van der Waals surface area contributed by atoms with E-state index in [9.17, 15) is 4.79 Å². The van der Waals surface area contributed by atoms with E-state index in [-0.39, 0.29) is 5.91 Å². The van der Waals surface area contributed by atoms with E-state index in [2.05, 4.69) is 21.2 Å². The van der Waals surface area contributed by atoms with Gasteiger partial charge in [-0.1, -0.05) is 15.9 Å². The zero-order valence-corrected chi connectivity index (χ0v) is 12.9. The van der Waals surface area contributed by atoms with Crippen molar-refractivity contribution in [3.05, 3.63) is 0 Å². The molecule has 0 spiro atoms. The molecule has 0 rings (SSSR count). The van der Waals surface area contributed by atoms with Crippen LogP contribution in [-0.4, -0.2) is 22.8 Å². The third-order valence-corrected chi connectivity index (χ3v) is 4.44. The second kappa shape index (κ2) is 5.94. The quantitative estimate of drug-likeness (QED) is 0.353. The molecule has 14 heavy (non-hydrogen) atoms. The zero-order chi connectivity index (χ0) is 11.4. The maximum absolute atomic E-state index is 11.3. The van der Waals surface area contributed by atoms with Crippen LogP contribution >= 0.6 is 49.2 Å². The Labute approximate surface area is 108 Å². The SMILES string of the molecule is CC(C)(Br)C(=O)NCCC[Si](Cl)(Cl)Cl. The van der Waals surface area contributed by atoms with E-state index >= 15 is 0 Å². The normalized spacial score (nSPS) is 12.7. The Bertz CT molecular complexity index is 202. The zero-order valence-electron chi connectivity index (χ0n) is 8.04. The number of amides is 1. The lowest BCUT2D eigenvalue weighted by Crippen LogP contribution is -2.38. The molecule has 0 aromatic carbocycles. The second-order valence-corrected chi connectivity index (χ2v) is 14.7. The first kappa shape index (κ1) is 15.0. The van der Waals surface area contributed by atoms with Gasteiger partial charge in [-0.25, -0.2) is 0 Å². The molecule has 84 valence electrons. The molecule has 1 amide bonds. The Morgan fingerprint density at radius 2 is 1.93 bits per heavy atom. The van der Waals surface area contributed by atoms with Crippen LogP contribution in [0.5, 0.6) is 0 Å². The monoisotopic (exact) mass is 339 g/mol. The molecule has 0 aliphatic heterocycles. The van der Waals surface area contributed by atoms with Gasteiger partial charge >= 0.3 is 6.00 Å². The van der Waals surface area contributed by atoms with Crippen LogP contribution in [0.3, 0.4) is 0 Å². The van der Waals surface area contributed by atoms with Crippen LogP contribution in [0.2, 0.25) is 6.04 Å². The van der Waals surface area contributed by atoms with Crippen LogP contribution in [0.1, 0.15) is 20.3 Å². The maximum atomic E-state index is 11.3. The van der Waals surface area contributed by atoms with Gasteiger partial charge in [0.05, 0.1) is 4.32 Å². The van der Waals surface area contributed by atoms with Crippen LogP contribution in [0.15, 0.2) is 0 Å². The van der Waals surface area contributed by atoms with Gasteiger partial charge in [0, 0.05) is 6.54 Å². The molecule has 1 N–H and O–H groups in total. The van der Waals surface area contributed by atoms with Crippen molar-refractivity contribution in [1.29, 1.82) is 0 Å². The van der Waals surface area contributed by atoms with E-state index < -0.39 is 10.3 Å². The van der Waals surface area contributed by atoms with Crippen LogP contribution in [-0.2, 0) is 4.79 Å². The molecule has 0 unspecified atom stereocenters. The average molecular weight is 342 g/mol. The van der Waals surface area contributed by atoms with E-state index in [4.69, 9.17) is 33.2 Å². The number of rotatable bonds is 5. The Balaban J connectivity index is 3.62. The minimum absolute atomic E-state index is 0.0523. The standard InChI is InChI=1S/C7H13BrCl3NOSi/c1-7(2,8)6(13)12-4-3-5-14(9,10)11/h3-5H2,1-2H3,(H,12,13). The lowest BCUT2D eigenvalue weighted by atomic mass is 10.2. The molecular formula is C7H13BrCl3NOSi. The van der Waals surface area contributed by atoms with Crippen molar-refractivity contribution in [2.45, 2.75) is 30.6 Å². The van der Waals surface area contributed by atoms with Crippen molar-refractivity contribution in [2.75, 3.05) is 6.54 Å². The topological polar surface area (TPSA) is 29.1 Å². The molecule has 7 heteroatoms. The predicted octanol–water partition coefficient (Wildman–Crippen LogP) is 3.32. The van der Waals surface area contributed by atoms with Gasteiger partial charge in [0.2, 0.25) is 5.91 Å². The number of carbonyl (C=O) groups is 1. The summed E-state index contributed by atoms with van der Waals surface area (Å²) in [6.45, 7) is 4.12. The third kappa shape index (κ3) is 8.35. The minimum Gasteiger partial charge on any atom is -0.355 e. The number of carbonyl (C=O) groups excluding carboxylic acids is 1. The molecule has 0 radical (unpaired) electrons. The van der Waals surface area contributed by atoms with E-state index in [0.717, 1.165) is 0 Å².